The van der Waals surface area contributed by atoms with Gasteiger partial charge in [0, 0.05) is 31.0 Å². The van der Waals surface area contributed by atoms with Crippen molar-refractivity contribution in [3.8, 4) is 0 Å². The second-order valence-corrected chi connectivity index (χ2v) is 6.68. The predicted octanol–water partition coefficient (Wildman–Crippen LogP) is 1.67. The maximum Gasteiger partial charge on any atom is 0.226 e. The van der Waals surface area contributed by atoms with Crippen molar-refractivity contribution in [2.24, 2.45) is 16.7 Å². The minimum Gasteiger partial charge on any atom is -0.342 e. The zero-order chi connectivity index (χ0) is 11.4. The van der Waals surface area contributed by atoms with Gasteiger partial charge in [0.25, 0.3) is 0 Å². The largest absolute Gasteiger partial charge is 0.342 e. The van der Waals surface area contributed by atoms with Crippen LogP contribution in [0.2, 0.25) is 0 Å². The van der Waals surface area contributed by atoms with Crippen molar-refractivity contribution in [3.63, 3.8) is 0 Å². The number of hydrogen-bond donors (Lipinski definition) is 1. The number of halogens is 1. The summed E-state index contributed by atoms with van der Waals surface area (Å²) >= 11 is 0. The molecule has 1 saturated carbocycles. The molecule has 0 aromatic heterocycles. The summed E-state index contributed by atoms with van der Waals surface area (Å²) in [6.45, 7) is 8.66. The van der Waals surface area contributed by atoms with Gasteiger partial charge in [-0.05, 0) is 31.2 Å². The molecule has 1 aliphatic carbocycles. The lowest BCUT2D eigenvalue weighted by atomic mass is 9.86. The number of nitrogens with one attached hydrogen (secondary N) is 1. The topological polar surface area (TPSA) is 32.3 Å². The van der Waals surface area contributed by atoms with Gasteiger partial charge in [-0.3, -0.25) is 4.79 Å². The van der Waals surface area contributed by atoms with Gasteiger partial charge in [0.2, 0.25) is 5.91 Å². The van der Waals surface area contributed by atoms with E-state index in [9.17, 15) is 4.79 Å². The zero-order valence-corrected chi connectivity index (χ0v) is 11.6. The Morgan fingerprint density at radius 3 is 2.59 bits per heavy atom. The molecule has 2 heterocycles. The quantitative estimate of drug-likeness (QED) is 0.776. The van der Waals surface area contributed by atoms with Gasteiger partial charge in [0.1, 0.15) is 0 Å². The molecule has 2 atom stereocenters. The lowest BCUT2D eigenvalue weighted by molar-refractivity contribution is -0.132. The summed E-state index contributed by atoms with van der Waals surface area (Å²) in [5, 5.41) is 3.44. The van der Waals surface area contributed by atoms with E-state index in [-0.39, 0.29) is 17.8 Å². The molecule has 2 unspecified atom stereocenters. The molecular weight excluding hydrogens is 236 g/mol. The van der Waals surface area contributed by atoms with Crippen molar-refractivity contribution >= 4 is 18.3 Å². The molecular formula is C13H23ClN2O. The Labute approximate surface area is 110 Å². The van der Waals surface area contributed by atoms with Crippen molar-refractivity contribution in [1.82, 2.24) is 10.2 Å². The first-order chi connectivity index (χ1) is 7.53. The van der Waals surface area contributed by atoms with Crippen LogP contribution in [0.25, 0.3) is 0 Å². The predicted molar refractivity (Wildman–Crippen MR) is 70.3 cm³/mol. The van der Waals surface area contributed by atoms with Crippen molar-refractivity contribution in [2.45, 2.75) is 33.1 Å². The molecule has 17 heavy (non-hydrogen) atoms. The zero-order valence-electron chi connectivity index (χ0n) is 10.8. The molecule has 2 aliphatic heterocycles. The first kappa shape index (κ1) is 13.2. The number of nitrogens with zero attached hydrogens (tertiary/aromatic N) is 1. The number of rotatable bonds is 1. The molecule has 4 heteroatoms. The Kier molecular flexibility index (Phi) is 3.20. The van der Waals surface area contributed by atoms with Gasteiger partial charge in [-0.2, -0.15) is 0 Å². The highest BCUT2D eigenvalue weighted by Crippen LogP contribution is 2.53. The minimum absolute atomic E-state index is 0. The highest BCUT2D eigenvalue weighted by Gasteiger charge is 2.53. The van der Waals surface area contributed by atoms with Gasteiger partial charge in [0.15, 0.2) is 0 Å². The molecule has 3 rings (SSSR count). The Morgan fingerprint density at radius 2 is 2.06 bits per heavy atom. The summed E-state index contributed by atoms with van der Waals surface area (Å²) in [7, 11) is 0. The number of amides is 1. The van der Waals surface area contributed by atoms with Gasteiger partial charge in [-0.25, -0.2) is 0 Å². The van der Waals surface area contributed by atoms with E-state index in [1.54, 1.807) is 0 Å². The molecule has 1 N–H and O–H groups in total. The van der Waals surface area contributed by atoms with Crippen LogP contribution in [0.4, 0.5) is 0 Å². The van der Waals surface area contributed by atoms with Gasteiger partial charge in [-0.1, -0.05) is 13.8 Å². The second-order valence-electron chi connectivity index (χ2n) is 6.68. The van der Waals surface area contributed by atoms with Crippen molar-refractivity contribution in [2.75, 3.05) is 26.2 Å². The van der Waals surface area contributed by atoms with Crippen LogP contribution >= 0.6 is 12.4 Å². The highest BCUT2D eigenvalue weighted by atomic mass is 35.5. The van der Waals surface area contributed by atoms with Gasteiger partial charge in [0.05, 0.1) is 0 Å². The third kappa shape index (κ3) is 2.19. The lowest BCUT2D eigenvalue weighted by Gasteiger charge is -2.23. The average molecular weight is 259 g/mol. The summed E-state index contributed by atoms with van der Waals surface area (Å²) in [5.41, 5.74) is 0.704. The monoisotopic (exact) mass is 258 g/mol. The number of carbonyl (C=O) groups excluding carboxylic acids is 1. The first-order valence-electron chi connectivity index (χ1n) is 6.52. The van der Waals surface area contributed by atoms with Crippen molar-refractivity contribution in [3.05, 3.63) is 0 Å². The molecule has 0 aromatic carbocycles. The molecule has 0 radical (unpaired) electrons. The Bertz CT molecular complexity index is 323. The van der Waals surface area contributed by atoms with Crippen LogP contribution in [0.15, 0.2) is 0 Å². The fourth-order valence-corrected chi connectivity index (χ4v) is 3.38. The number of carbonyl (C=O) groups is 1. The van der Waals surface area contributed by atoms with E-state index in [1.165, 1.54) is 12.8 Å². The highest BCUT2D eigenvalue weighted by molar-refractivity contribution is 5.85. The minimum atomic E-state index is 0. The third-order valence-electron chi connectivity index (χ3n) is 4.89. The van der Waals surface area contributed by atoms with E-state index in [4.69, 9.17) is 0 Å². The lowest BCUT2D eigenvalue weighted by Crippen LogP contribution is -2.34. The summed E-state index contributed by atoms with van der Waals surface area (Å²) in [5.74, 6) is 0.741. The molecule has 1 amide bonds. The molecule has 3 aliphatic rings. The summed E-state index contributed by atoms with van der Waals surface area (Å²) in [4.78, 5) is 14.4. The fraction of sp³-hybridized carbons (Fsp3) is 0.923. The molecule has 3 fully saturated rings. The van der Waals surface area contributed by atoms with Gasteiger partial charge >= 0.3 is 0 Å². The summed E-state index contributed by atoms with van der Waals surface area (Å²) in [6, 6.07) is 0. The van der Waals surface area contributed by atoms with E-state index in [1.807, 2.05) is 0 Å². The Balaban J connectivity index is 0.00000108. The van der Waals surface area contributed by atoms with Crippen LogP contribution in [-0.2, 0) is 4.79 Å². The van der Waals surface area contributed by atoms with Crippen LogP contribution in [-0.4, -0.2) is 37.0 Å². The molecule has 0 bridgehead atoms. The van der Waals surface area contributed by atoms with E-state index in [0.717, 1.165) is 32.6 Å². The molecule has 98 valence electrons. The number of hydrogen-bond acceptors (Lipinski definition) is 2. The Hall–Kier alpha value is -0.280. The fourth-order valence-electron chi connectivity index (χ4n) is 3.38. The average Bonchev–Trinajstić information content (AvgIpc) is 2.71. The van der Waals surface area contributed by atoms with Gasteiger partial charge in [-0.15, -0.1) is 12.4 Å². The molecule has 0 aromatic rings. The third-order valence-corrected chi connectivity index (χ3v) is 4.89. The maximum atomic E-state index is 12.3. The molecule has 2 saturated heterocycles. The van der Waals surface area contributed by atoms with Crippen LogP contribution in [0.1, 0.15) is 33.1 Å². The number of likely N-dealkylation sites (tertiary alicyclic amines) is 1. The van der Waals surface area contributed by atoms with Crippen LogP contribution in [0, 0.1) is 16.7 Å². The standard InChI is InChI=1S/C13H22N2O.ClH/c1-12(2)7-10(12)11(16)15-6-4-13(9-15)3-5-14-8-13;/h10,14H,3-9H2,1-2H3;1H. The van der Waals surface area contributed by atoms with Crippen molar-refractivity contribution < 1.29 is 4.79 Å². The molecule has 1 spiro atoms. The van der Waals surface area contributed by atoms with Crippen LogP contribution in [0.5, 0.6) is 0 Å². The van der Waals surface area contributed by atoms with Crippen molar-refractivity contribution in [1.29, 1.82) is 0 Å². The van der Waals surface area contributed by atoms with Crippen LogP contribution < -0.4 is 5.32 Å². The second kappa shape index (κ2) is 4.13. The normalized spacial score (nSPS) is 38.2. The maximum absolute atomic E-state index is 12.3. The van der Waals surface area contributed by atoms with Gasteiger partial charge < -0.3 is 10.2 Å². The Morgan fingerprint density at radius 1 is 1.35 bits per heavy atom. The van der Waals surface area contributed by atoms with Crippen LogP contribution in [0.3, 0.4) is 0 Å². The van der Waals surface area contributed by atoms with E-state index >= 15 is 0 Å². The SMILES string of the molecule is CC1(C)CC1C(=O)N1CCC2(CCNC2)C1.Cl. The van der Waals surface area contributed by atoms with E-state index in [0.29, 0.717) is 17.2 Å². The summed E-state index contributed by atoms with van der Waals surface area (Å²) in [6.07, 6.45) is 3.55. The van der Waals surface area contributed by atoms with E-state index < -0.39 is 0 Å². The van der Waals surface area contributed by atoms with E-state index in [2.05, 4.69) is 24.1 Å². The summed E-state index contributed by atoms with van der Waals surface area (Å²) < 4.78 is 0. The first-order valence-corrected chi connectivity index (χ1v) is 6.52. The smallest absolute Gasteiger partial charge is 0.226 e. The molecule has 3 nitrogen and oxygen atoms in total.